The molecule has 0 aromatic heterocycles. The molecule has 0 heterocycles. The zero-order chi connectivity index (χ0) is 13.2. The van der Waals surface area contributed by atoms with E-state index in [1.165, 1.54) is 17.5 Å². The van der Waals surface area contributed by atoms with Gasteiger partial charge in [0.05, 0.1) is 0 Å². The standard InChI is InChI=1S/C16H27NO/c1-4-7-14-8-6-9-15(13-14)16(17-3)10-12-18-11-5-2/h6,8-9,13,16-17H,4-5,7,10-12H2,1-3H3. The van der Waals surface area contributed by atoms with Gasteiger partial charge in [0.1, 0.15) is 0 Å². The first-order chi connectivity index (χ1) is 8.81. The lowest BCUT2D eigenvalue weighted by atomic mass is 10.00. The zero-order valence-corrected chi connectivity index (χ0v) is 12.0. The molecule has 2 heteroatoms. The Morgan fingerprint density at radius 3 is 2.67 bits per heavy atom. The van der Waals surface area contributed by atoms with E-state index in [4.69, 9.17) is 4.74 Å². The second-order valence-electron chi connectivity index (χ2n) is 4.74. The molecule has 0 aliphatic heterocycles. The van der Waals surface area contributed by atoms with E-state index in [0.29, 0.717) is 6.04 Å². The summed E-state index contributed by atoms with van der Waals surface area (Å²) in [4.78, 5) is 0. The average molecular weight is 249 g/mol. The van der Waals surface area contributed by atoms with Gasteiger partial charge in [-0.1, -0.05) is 44.5 Å². The van der Waals surface area contributed by atoms with Gasteiger partial charge in [0.2, 0.25) is 0 Å². The summed E-state index contributed by atoms with van der Waals surface area (Å²) in [5, 5.41) is 3.38. The molecule has 18 heavy (non-hydrogen) atoms. The van der Waals surface area contributed by atoms with Gasteiger partial charge in [-0.2, -0.15) is 0 Å². The second kappa shape index (κ2) is 9.12. The van der Waals surface area contributed by atoms with E-state index >= 15 is 0 Å². The number of ether oxygens (including phenoxy) is 1. The third-order valence-corrected chi connectivity index (χ3v) is 3.14. The largest absolute Gasteiger partial charge is 0.381 e. The van der Waals surface area contributed by atoms with E-state index in [9.17, 15) is 0 Å². The molecule has 0 spiro atoms. The minimum absolute atomic E-state index is 0.402. The number of rotatable bonds is 9. The molecule has 1 aromatic carbocycles. The summed E-state index contributed by atoms with van der Waals surface area (Å²) in [6.45, 7) is 6.06. The van der Waals surface area contributed by atoms with Gasteiger partial charge in [-0.05, 0) is 37.4 Å². The average Bonchev–Trinajstić information content (AvgIpc) is 2.40. The van der Waals surface area contributed by atoms with Crippen molar-refractivity contribution >= 4 is 0 Å². The van der Waals surface area contributed by atoms with Gasteiger partial charge in [-0.25, -0.2) is 0 Å². The third kappa shape index (κ3) is 5.19. The number of aryl methyl sites for hydroxylation is 1. The van der Waals surface area contributed by atoms with Crippen molar-refractivity contribution in [1.29, 1.82) is 0 Å². The summed E-state index contributed by atoms with van der Waals surface area (Å²) in [5.41, 5.74) is 2.81. The highest BCUT2D eigenvalue weighted by Crippen LogP contribution is 2.18. The SMILES string of the molecule is CCCOCCC(NC)c1cccc(CCC)c1. The molecule has 0 fully saturated rings. The Bertz CT molecular complexity index is 325. The quantitative estimate of drug-likeness (QED) is 0.674. The molecule has 1 rings (SSSR count). The van der Waals surface area contributed by atoms with Crippen LogP contribution in [0.15, 0.2) is 24.3 Å². The van der Waals surface area contributed by atoms with Gasteiger partial charge in [-0.3, -0.25) is 0 Å². The molecule has 2 nitrogen and oxygen atoms in total. The third-order valence-electron chi connectivity index (χ3n) is 3.14. The zero-order valence-electron chi connectivity index (χ0n) is 12.0. The molecule has 0 aliphatic rings. The van der Waals surface area contributed by atoms with Crippen LogP contribution < -0.4 is 5.32 Å². The van der Waals surface area contributed by atoms with Crippen molar-refractivity contribution in [2.45, 2.75) is 45.6 Å². The van der Waals surface area contributed by atoms with Gasteiger partial charge in [-0.15, -0.1) is 0 Å². The predicted octanol–water partition coefficient (Wildman–Crippen LogP) is 3.72. The van der Waals surface area contributed by atoms with Crippen LogP contribution in [0.5, 0.6) is 0 Å². The number of hydrogen-bond acceptors (Lipinski definition) is 2. The van der Waals surface area contributed by atoms with Crippen LogP contribution in [-0.4, -0.2) is 20.3 Å². The van der Waals surface area contributed by atoms with E-state index in [1.54, 1.807) is 0 Å². The van der Waals surface area contributed by atoms with Crippen LogP contribution >= 0.6 is 0 Å². The van der Waals surface area contributed by atoms with E-state index in [-0.39, 0.29) is 0 Å². The topological polar surface area (TPSA) is 21.3 Å². The Morgan fingerprint density at radius 2 is 2.00 bits per heavy atom. The molecule has 0 aliphatic carbocycles. The lowest BCUT2D eigenvalue weighted by molar-refractivity contribution is 0.125. The van der Waals surface area contributed by atoms with Crippen LogP contribution in [0.2, 0.25) is 0 Å². The maximum atomic E-state index is 5.57. The minimum atomic E-state index is 0.402. The molecule has 1 N–H and O–H groups in total. The fraction of sp³-hybridized carbons (Fsp3) is 0.625. The Balaban J connectivity index is 2.54. The number of hydrogen-bond donors (Lipinski definition) is 1. The summed E-state index contributed by atoms with van der Waals surface area (Å²) in [7, 11) is 2.02. The van der Waals surface area contributed by atoms with Gasteiger partial charge < -0.3 is 10.1 Å². The van der Waals surface area contributed by atoms with Crippen molar-refractivity contribution in [3.8, 4) is 0 Å². The van der Waals surface area contributed by atoms with E-state index in [0.717, 1.165) is 32.5 Å². The highest BCUT2D eigenvalue weighted by molar-refractivity contribution is 5.26. The maximum Gasteiger partial charge on any atom is 0.0484 e. The van der Waals surface area contributed by atoms with Crippen LogP contribution in [0.25, 0.3) is 0 Å². The fourth-order valence-electron chi connectivity index (χ4n) is 2.18. The van der Waals surface area contributed by atoms with Crippen molar-refractivity contribution < 1.29 is 4.74 Å². The van der Waals surface area contributed by atoms with Gasteiger partial charge >= 0.3 is 0 Å². The van der Waals surface area contributed by atoms with Crippen molar-refractivity contribution in [2.24, 2.45) is 0 Å². The van der Waals surface area contributed by atoms with Crippen LogP contribution in [0.4, 0.5) is 0 Å². The molecule has 0 saturated heterocycles. The summed E-state index contributed by atoms with van der Waals surface area (Å²) < 4.78 is 5.57. The monoisotopic (exact) mass is 249 g/mol. The highest BCUT2D eigenvalue weighted by atomic mass is 16.5. The van der Waals surface area contributed by atoms with E-state index in [2.05, 4.69) is 43.4 Å². The molecule has 102 valence electrons. The van der Waals surface area contributed by atoms with Crippen molar-refractivity contribution in [2.75, 3.05) is 20.3 Å². The molecule has 1 unspecified atom stereocenters. The first-order valence-electron chi connectivity index (χ1n) is 7.15. The maximum absolute atomic E-state index is 5.57. The van der Waals surface area contributed by atoms with Crippen molar-refractivity contribution in [1.82, 2.24) is 5.32 Å². The number of benzene rings is 1. The van der Waals surface area contributed by atoms with Crippen LogP contribution in [0.3, 0.4) is 0 Å². The van der Waals surface area contributed by atoms with Crippen molar-refractivity contribution in [3.05, 3.63) is 35.4 Å². The molecule has 0 saturated carbocycles. The molecule has 1 atom stereocenters. The van der Waals surface area contributed by atoms with Gasteiger partial charge in [0, 0.05) is 19.3 Å². The van der Waals surface area contributed by atoms with Gasteiger partial charge in [0.15, 0.2) is 0 Å². The van der Waals surface area contributed by atoms with Gasteiger partial charge in [0.25, 0.3) is 0 Å². The van der Waals surface area contributed by atoms with E-state index in [1.807, 2.05) is 7.05 Å². The van der Waals surface area contributed by atoms with E-state index < -0.39 is 0 Å². The minimum Gasteiger partial charge on any atom is -0.381 e. The molecule has 1 aromatic rings. The molecule has 0 bridgehead atoms. The van der Waals surface area contributed by atoms with Crippen LogP contribution in [0, 0.1) is 0 Å². The highest BCUT2D eigenvalue weighted by Gasteiger charge is 2.09. The Labute approximate surface area is 112 Å². The summed E-state index contributed by atoms with van der Waals surface area (Å²) in [6.07, 6.45) is 4.49. The second-order valence-corrected chi connectivity index (χ2v) is 4.74. The lowest BCUT2D eigenvalue weighted by Crippen LogP contribution is -2.18. The summed E-state index contributed by atoms with van der Waals surface area (Å²) in [6, 6.07) is 9.31. The smallest absolute Gasteiger partial charge is 0.0484 e. The Morgan fingerprint density at radius 1 is 1.17 bits per heavy atom. The normalized spacial score (nSPS) is 12.6. The van der Waals surface area contributed by atoms with Crippen molar-refractivity contribution in [3.63, 3.8) is 0 Å². The number of nitrogens with one attached hydrogen (secondary N) is 1. The molecule has 0 radical (unpaired) electrons. The fourth-order valence-corrected chi connectivity index (χ4v) is 2.18. The first kappa shape index (κ1) is 15.2. The summed E-state index contributed by atoms with van der Waals surface area (Å²) >= 11 is 0. The Hall–Kier alpha value is -0.860. The predicted molar refractivity (Wildman–Crippen MR) is 78.0 cm³/mol. The van der Waals surface area contributed by atoms with Crippen LogP contribution in [0.1, 0.15) is 50.3 Å². The molecular weight excluding hydrogens is 222 g/mol. The lowest BCUT2D eigenvalue weighted by Gasteiger charge is -2.17. The Kier molecular flexibility index (Phi) is 7.70. The summed E-state index contributed by atoms with van der Waals surface area (Å²) in [5.74, 6) is 0. The first-order valence-corrected chi connectivity index (χ1v) is 7.15. The molecular formula is C16H27NO. The molecule has 0 amide bonds. The van der Waals surface area contributed by atoms with Crippen LogP contribution in [-0.2, 0) is 11.2 Å².